The highest BCUT2D eigenvalue weighted by atomic mass is 19.1. The average molecular weight is 290 g/mol. The van der Waals surface area contributed by atoms with Gasteiger partial charge in [0.25, 0.3) is 0 Å². The van der Waals surface area contributed by atoms with E-state index in [0.29, 0.717) is 18.4 Å². The number of nitriles is 1. The molecule has 1 fully saturated rings. The molecule has 1 unspecified atom stereocenters. The molecule has 0 spiro atoms. The summed E-state index contributed by atoms with van der Waals surface area (Å²) in [6, 6.07) is 7.75. The second kappa shape index (κ2) is 6.91. The summed E-state index contributed by atoms with van der Waals surface area (Å²) >= 11 is 0. The number of nitrogens with one attached hydrogen (secondary N) is 1. The fourth-order valence-electron chi connectivity index (χ4n) is 2.32. The van der Waals surface area contributed by atoms with Crippen LogP contribution in [0.15, 0.2) is 18.2 Å². The molecule has 1 saturated carbocycles. The highest BCUT2D eigenvalue weighted by Gasteiger charge is 2.31. The molecule has 1 aliphatic carbocycles. The van der Waals surface area contributed by atoms with Gasteiger partial charge in [0, 0.05) is 6.04 Å². The van der Waals surface area contributed by atoms with Gasteiger partial charge in [0.1, 0.15) is 5.54 Å². The number of nitrogens with zero attached hydrogens (tertiary/aromatic N) is 1. The number of halogens is 1. The van der Waals surface area contributed by atoms with Gasteiger partial charge in [0.2, 0.25) is 0 Å². The summed E-state index contributed by atoms with van der Waals surface area (Å²) in [7, 11) is 0. The van der Waals surface area contributed by atoms with E-state index in [-0.39, 0.29) is 5.82 Å². The number of hydrogen-bond donors (Lipinski definition) is 1. The fraction of sp³-hybridized carbons (Fsp3) is 0.588. The summed E-state index contributed by atoms with van der Waals surface area (Å²) in [5.74, 6) is -0.00739. The predicted molar refractivity (Wildman–Crippen MR) is 80.7 cm³/mol. The van der Waals surface area contributed by atoms with E-state index in [1.54, 1.807) is 12.1 Å². The molecule has 1 aromatic rings. The summed E-state index contributed by atoms with van der Waals surface area (Å²) in [5.41, 5.74) is 0.535. The number of unbranched alkanes of at least 4 members (excludes halogenated alkanes) is 1. The zero-order valence-corrected chi connectivity index (χ0v) is 12.8. The Bertz CT molecular complexity index is 522. The number of rotatable bonds is 8. The van der Waals surface area contributed by atoms with Crippen molar-refractivity contribution in [2.75, 3.05) is 6.61 Å². The lowest BCUT2D eigenvalue weighted by Gasteiger charge is -2.23. The second-order valence-corrected chi connectivity index (χ2v) is 6.10. The lowest BCUT2D eigenvalue weighted by molar-refractivity contribution is 0.282. The summed E-state index contributed by atoms with van der Waals surface area (Å²) in [4.78, 5) is 0. The molecule has 1 atom stereocenters. The molecule has 2 rings (SSSR count). The van der Waals surface area contributed by atoms with Crippen molar-refractivity contribution in [3.63, 3.8) is 0 Å². The van der Waals surface area contributed by atoms with E-state index in [4.69, 9.17) is 4.74 Å². The molecule has 0 radical (unpaired) electrons. The molecular formula is C17H23FN2O. The average Bonchev–Trinajstić information content (AvgIpc) is 3.26. The molecule has 0 aliphatic heterocycles. The summed E-state index contributed by atoms with van der Waals surface area (Å²) < 4.78 is 19.0. The molecule has 4 heteroatoms. The Kier molecular flexibility index (Phi) is 5.19. The minimum absolute atomic E-state index is 0.314. The van der Waals surface area contributed by atoms with Crippen LogP contribution >= 0.6 is 0 Å². The monoisotopic (exact) mass is 290 g/mol. The Morgan fingerprint density at radius 2 is 2.19 bits per heavy atom. The summed E-state index contributed by atoms with van der Waals surface area (Å²) in [6.07, 6.45) is 4.84. The minimum Gasteiger partial charge on any atom is -0.491 e. The van der Waals surface area contributed by atoms with Crippen LogP contribution < -0.4 is 10.1 Å². The minimum atomic E-state index is -0.449. The Labute approximate surface area is 126 Å². The Morgan fingerprint density at radius 1 is 1.43 bits per heavy atom. The van der Waals surface area contributed by atoms with E-state index in [1.165, 1.54) is 18.9 Å². The normalized spacial score (nSPS) is 17.0. The lowest BCUT2D eigenvalue weighted by atomic mass is 9.96. The van der Waals surface area contributed by atoms with Crippen LogP contribution in [0.25, 0.3) is 0 Å². The first-order valence-electron chi connectivity index (χ1n) is 7.60. The van der Waals surface area contributed by atoms with E-state index in [0.717, 1.165) is 24.8 Å². The van der Waals surface area contributed by atoms with E-state index < -0.39 is 5.54 Å². The molecule has 1 N–H and O–H groups in total. The molecule has 0 saturated heterocycles. The Balaban J connectivity index is 1.69. The van der Waals surface area contributed by atoms with Gasteiger partial charge in [-0.15, -0.1) is 0 Å². The Hall–Kier alpha value is -1.60. The first-order valence-corrected chi connectivity index (χ1v) is 7.60. The van der Waals surface area contributed by atoms with Gasteiger partial charge in [-0.1, -0.05) is 6.07 Å². The van der Waals surface area contributed by atoms with Crippen molar-refractivity contribution in [1.29, 1.82) is 5.26 Å². The van der Waals surface area contributed by atoms with Crippen LogP contribution in [0.3, 0.4) is 0 Å². The van der Waals surface area contributed by atoms with Crippen LogP contribution in [0, 0.1) is 24.1 Å². The third kappa shape index (κ3) is 5.02. The molecule has 3 nitrogen and oxygen atoms in total. The highest BCUT2D eigenvalue weighted by molar-refractivity contribution is 5.29. The van der Waals surface area contributed by atoms with Gasteiger partial charge in [-0.3, -0.25) is 5.32 Å². The largest absolute Gasteiger partial charge is 0.491 e. The molecule has 114 valence electrons. The molecule has 0 amide bonds. The quantitative estimate of drug-likeness (QED) is 0.742. The van der Waals surface area contributed by atoms with Crippen LogP contribution in [0.5, 0.6) is 5.75 Å². The standard InChI is InChI=1S/C17H23FN2O/c1-13-5-8-15(18)16(11-13)21-10-4-3-9-17(2,12-19)20-14-6-7-14/h5,8,11,14,20H,3-4,6-7,9-10H2,1-2H3. The van der Waals surface area contributed by atoms with Crippen molar-refractivity contribution >= 4 is 0 Å². The van der Waals surface area contributed by atoms with E-state index >= 15 is 0 Å². The third-order valence-electron chi connectivity index (χ3n) is 3.76. The first kappa shape index (κ1) is 15.8. The SMILES string of the molecule is Cc1ccc(F)c(OCCCCC(C)(C#N)NC2CC2)c1. The fourth-order valence-corrected chi connectivity index (χ4v) is 2.32. The lowest BCUT2D eigenvalue weighted by Crippen LogP contribution is -2.42. The van der Waals surface area contributed by atoms with Crippen molar-refractivity contribution in [3.05, 3.63) is 29.6 Å². The van der Waals surface area contributed by atoms with Crippen molar-refractivity contribution in [3.8, 4) is 11.8 Å². The highest BCUT2D eigenvalue weighted by Crippen LogP contribution is 2.25. The van der Waals surface area contributed by atoms with Gasteiger partial charge < -0.3 is 4.74 Å². The van der Waals surface area contributed by atoms with Crippen molar-refractivity contribution in [2.24, 2.45) is 0 Å². The molecule has 0 heterocycles. The van der Waals surface area contributed by atoms with E-state index in [2.05, 4.69) is 11.4 Å². The molecule has 0 aromatic heterocycles. The Morgan fingerprint density at radius 3 is 2.86 bits per heavy atom. The van der Waals surface area contributed by atoms with E-state index in [1.807, 2.05) is 13.8 Å². The van der Waals surface area contributed by atoms with Crippen LogP contribution in [0.2, 0.25) is 0 Å². The third-order valence-corrected chi connectivity index (χ3v) is 3.76. The molecule has 21 heavy (non-hydrogen) atoms. The molecule has 1 aliphatic rings. The topological polar surface area (TPSA) is 45.0 Å². The van der Waals surface area contributed by atoms with Gasteiger partial charge in [-0.05, 0) is 63.6 Å². The zero-order valence-electron chi connectivity index (χ0n) is 12.8. The first-order chi connectivity index (χ1) is 10.0. The van der Waals surface area contributed by atoms with E-state index in [9.17, 15) is 9.65 Å². The van der Waals surface area contributed by atoms with Crippen molar-refractivity contribution < 1.29 is 9.13 Å². The molecular weight excluding hydrogens is 267 g/mol. The maximum absolute atomic E-state index is 13.5. The predicted octanol–water partition coefficient (Wildman–Crippen LogP) is 3.72. The van der Waals surface area contributed by atoms with Gasteiger partial charge in [0.15, 0.2) is 11.6 Å². The smallest absolute Gasteiger partial charge is 0.165 e. The van der Waals surface area contributed by atoms with Crippen LogP contribution in [0.4, 0.5) is 4.39 Å². The number of ether oxygens (including phenoxy) is 1. The maximum atomic E-state index is 13.5. The molecule has 1 aromatic carbocycles. The van der Waals surface area contributed by atoms with Gasteiger partial charge in [-0.2, -0.15) is 5.26 Å². The zero-order chi connectivity index (χ0) is 15.3. The number of benzene rings is 1. The van der Waals surface area contributed by atoms with Crippen LogP contribution in [-0.4, -0.2) is 18.2 Å². The maximum Gasteiger partial charge on any atom is 0.165 e. The van der Waals surface area contributed by atoms with Crippen molar-refractivity contribution in [1.82, 2.24) is 5.32 Å². The van der Waals surface area contributed by atoms with Gasteiger partial charge in [-0.25, -0.2) is 4.39 Å². The van der Waals surface area contributed by atoms with Gasteiger partial charge >= 0.3 is 0 Å². The number of aryl methyl sites for hydroxylation is 1. The summed E-state index contributed by atoms with van der Waals surface area (Å²) in [6.45, 7) is 4.34. The van der Waals surface area contributed by atoms with Crippen LogP contribution in [-0.2, 0) is 0 Å². The molecule has 0 bridgehead atoms. The second-order valence-electron chi connectivity index (χ2n) is 6.10. The van der Waals surface area contributed by atoms with Crippen molar-refractivity contribution in [2.45, 2.75) is 57.5 Å². The van der Waals surface area contributed by atoms with Crippen LogP contribution in [0.1, 0.15) is 44.6 Å². The summed E-state index contributed by atoms with van der Waals surface area (Å²) in [5, 5.41) is 12.7. The number of hydrogen-bond acceptors (Lipinski definition) is 3. The van der Waals surface area contributed by atoms with Gasteiger partial charge in [0.05, 0.1) is 12.7 Å².